The zero-order valence-electron chi connectivity index (χ0n) is 11.7. The number of pyridine rings is 1. The Labute approximate surface area is 118 Å². The summed E-state index contributed by atoms with van der Waals surface area (Å²) in [7, 11) is 1.64. The van der Waals surface area contributed by atoms with Crippen molar-refractivity contribution < 1.29 is 9.53 Å². The van der Waals surface area contributed by atoms with Gasteiger partial charge in [-0.25, -0.2) is 0 Å². The van der Waals surface area contributed by atoms with Gasteiger partial charge in [0.1, 0.15) is 0 Å². The van der Waals surface area contributed by atoms with E-state index in [0.29, 0.717) is 18.7 Å². The number of rotatable bonds is 5. The van der Waals surface area contributed by atoms with E-state index in [-0.39, 0.29) is 5.91 Å². The minimum absolute atomic E-state index is 0.0940. The number of nitrogens with one attached hydrogen (secondary N) is 1. The van der Waals surface area contributed by atoms with Gasteiger partial charge in [0.2, 0.25) is 0 Å². The fraction of sp³-hybridized carbons (Fsp3) is 0.250. The van der Waals surface area contributed by atoms with Crippen molar-refractivity contribution in [1.29, 1.82) is 0 Å². The Morgan fingerprint density at radius 3 is 2.80 bits per heavy atom. The largest absolute Gasteiger partial charge is 0.380 e. The third-order valence-electron chi connectivity index (χ3n) is 2.93. The fourth-order valence-corrected chi connectivity index (χ4v) is 1.86. The Hall–Kier alpha value is -2.20. The molecule has 0 aliphatic carbocycles. The SMILES string of the molecule is COCc1cccc(C(=O)NCc2ccc(C)nc2)c1. The van der Waals surface area contributed by atoms with Crippen LogP contribution in [0.2, 0.25) is 0 Å². The summed E-state index contributed by atoms with van der Waals surface area (Å²) in [6.07, 6.45) is 1.77. The van der Waals surface area contributed by atoms with Gasteiger partial charge in [0.25, 0.3) is 5.91 Å². The van der Waals surface area contributed by atoms with Crippen molar-refractivity contribution in [3.63, 3.8) is 0 Å². The van der Waals surface area contributed by atoms with E-state index in [9.17, 15) is 4.79 Å². The molecule has 2 rings (SSSR count). The number of carbonyl (C=O) groups is 1. The number of hydrogen-bond donors (Lipinski definition) is 1. The topological polar surface area (TPSA) is 51.2 Å². The molecule has 0 spiro atoms. The molecule has 1 amide bonds. The smallest absolute Gasteiger partial charge is 0.251 e. The summed E-state index contributed by atoms with van der Waals surface area (Å²) in [6.45, 7) is 2.91. The number of hydrogen-bond acceptors (Lipinski definition) is 3. The molecule has 0 saturated heterocycles. The van der Waals surface area contributed by atoms with Gasteiger partial charge in [-0.1, -0.05) is 18.2 Å². The second kappa shape index (κ2) is 6.82. The highest BCUT2D eigenvalue weighted by Crippen LogP contribution is 2.07. The molecule has 0 fully saturated rings. The maximum absolute atomic E-state index is 12.1. The Morgan fingerprint density at radius 2 is 2.10 bits per heavy atom. The first kappa shape index (κ1) is 14.2. The summed E-state index contributed by atoms with van der Waals surface area (Å²) in [4.78, 5) is 16.3. The Kier molecular flexibility index (Phi) is 4.85. The Balaban J connectivity index is 1.97. The average molecular weight is 270 g/mol. The van der Waals surface area contributed by atoms with Gasteiger partial charge in [0.15, 0.2) is 0 Å². The van der Waals surface area contributed by atoms with E-state index in [1.165, 1.54) is 0 Å². The van der Waals surface area contributed by atoms with E-state index < -0.39 is 0 Å². The average Bonchev–Trinajstić information content (AvgIpc) is 2.47. The molecule has 4 nitrogen and oxygen atoms in total. The molecule has 0 unspecified atom stereocenters. The van der Waals surface area contributed by atoms with Gasteiger partial charge in [-0.3, -0.25) is 9.78 Å². The van der Waals surface area contributed by atoms with Crippen LogP contribution in [-0.4, -0.2) is 18.0 Å². The van der Waals surface area contributed by atoms with E-state index in [4.69, 9.17) is 4.74 Å². The monoisotopic (exact) mass is 270 g/mol. The standard InChI is InChI=1S/C16H18N2O2/c1-12-6-7-14(9-17-12)10-18-16(19)15-5-3-4-13(8-15)11-20-2/h3-9H,10-11H2,1-2H3,(H,18,19). The molecule has 20 heavy (non-hydrogen) atoms. The lowest BCUT2D eigenvalue weighted by atomic mass is 10.1. The van der Waals surface area contributed by atoms with Gasteiger partial charge >= 0.3 is 0 Å². The quantitative estimate of drug-likeness (QED) is 0.908. The fourth-order valence-electron chi connectivity index (χ4n) is 1.86. The lowest BCUT2D eigenvalue weighted by Crippen LogP contribution is -2.23. The van der Waals surface area contributed by atoms with Crippen LogP contribution in [0.1, 0.15) is 27.2 Å². The normalized spacial score (nSPS) is 10.3. The number of methoxy groups -OCH3 is 1. The first-order chi connectivity index (χ1) is 9.69. The molecule has 0 aliphatic rings. The second-order valence-electron chi connectivity index (χ2n) is 4.62. The van der Waals surface area contributed by atoms with Crippen molar-refractivity contribution in [3.05, 3.63) is 65.0 Å². The van der Waals surface area contributed by atoms with Crippen molar-refractivity contribution in [2.24, 2.45) is 0 Å². The van der Waals surface area contributed by atoms with Crippen LogP contribution in [-0.2, 0) is 17.9 Å². The zero-order chi connectivity index (χ0) is 14.4. The van der Waals surface area contributed by atoms with Crippen LogP contribution in [0.5, 0.6) is 0 Å². The van der Waals surface area contributed by atoms with Crippen LogP contribution in [0.4, 0.5) is 0 Å². The molecular formula is C16H18N2O2. The molecule has 4 heteroatoms. The highest BCUT2D eigenvalue weighted by atomic mass is 16.5. The molecule has 0 radical (unpaired) electrons. The molecule has 0 saturated carbocycles. The highest BCUT2D eigenvalue weighted by molar-refractivity contribution is 5.94. The minimum atomic E-state index is -0.0940. The summed E-state index contributed by atoms with van der Waals surface area (Å²) in [5, 5.41) is 2.88. The van der Waals surface area contributed by atoms with E-state index in [1.54, 1.807) is 19.4 Å². The maximum atomic E-state index is 12.1. The summed E-state index contributed by atoms with van der Waals surface area (Å²) in [5.74, 6) is -0.0940. The van der Waals surface area contributed by atoms with E-state index in [0.717, 1.165) is 16.8 Å². The number of ether oxygens (including phenoxy) is 1. The van der Waals surface area contributed by atoms with Crippen molar-refractivity contribution in [2.45, 2.75) is 20.1 Å². The van der Waals surface area contributed by atoms with Crippen molar-refractivity contribution in [2.75, 3.05) is 7.11 Å². The molecule has 104 valence electrons. The Morgan fingerprint density at radius 1 is 1.25 bits per heavy atom. The zero-order valence-corrected chi connectivity index (χ0v) is 11.7. The van der Waals surface area contributed by atoms with Crippen molar-refractivity contribution in [3.8, 4) is 0 Å². The van der Waals surface area contributed by atoms with Gasteiger partial charge in [-0.2, -0.15) is 0 Å². The molecule has 0 aliphatic heterocycles. The van der Waals surface area contributed by atoms with Gasteiger partial charge in [0.05, 0.1) is 6.61 Å². The molecular weight excluding hydrogens is 252 g/mol. The van der Waals surface area contributed by atoms with Crippen LogP contribution in [0.15, 0.2) is 42.6 Å². The number of aryl methyl sites for hydroxylation is 1. The summed E-state index contributed by atoms with van der Waals surface area (Å²) in [5.41, 5.74) is 3.57. The van der Waals surface area contributed by atoms with E-state index in [2.05, 4.69) is 10.3 Å². The summed E-state index contributed by atoms with van der Waals surface area (Å²) < 4.78 is 5.06. The second-order valence-corrected chi connectivity index (χ2v) is 4.62. The predicted octanol–water partition coefficient (Wildman–Crippen LogP) is 2.47. The first-order valence-corrected chi connectivity index (χ1v) is 6.46. The van der Waals surface area contributed by atoms with Gasteiger partial charge in [0, 0.05) is 31.1 Å². The Bertz CT molecular complexity index is 579. The number of carbonyl (C=O) groups excluding carboxylic acids is 1. The van der Waals surface area contributed by atoms with Crippen LogP contribution in [0.25, 0.3) is 0 Å². The van der Waals surface area contributed by atoms with E-state index >= 15 is 0 Å². The number of benzene rings is 1. The summed E-state index contributed by atoms with van der Waals surface area (Å²) >= 11 is 0. The molecule has 1 aromatic heterocycles. The van der Waals surface area contributed by atoms with Gasteiger partial charge in [-0.15, -0.1) is 0 Å². The van der Waals surface area contributed by atoms with Crippen LogP contribution >= 0.6 is 0 Å². The minimum Gasteiger partial charge on any atom is -0.380 e. The molecule has 0 atom stereocenters. The molecule has 1 heterocycles. The third-order valence-corrected chi connectivity index (χ3v) is 2.93. The van der Waals surface area contributed by atoms with Gasteiger partial charge < -0.3 is 10.1 Å². The molecule has 0 bridgehead atoms. The van der Waals surface area contributed by atoms with Crippen LogP contribution in [0.3, 0.4) is 0 Å². The highest BCUT2D eigenvalue weighted by Gasteiger charge is 2.06. The van der Waals surface area contributed by atoms with Crippen LogP contribution < -0.4 is 5.32 Å². The lowest BCUT2D eigenvalue weighted by Gasteiger charge is -2.07. The third kappa shape index (κ3) is 3.90. The molecule has 1 N–H and O–H groups in total. The van der Waals surface area contributed by atoms with Crippen LogP contribution in [0, 0.1) is 6.92 Å². The first-order valence-electron chi connectivity index (χ1n) is 6.46. The van der Waals surface area contributed by atoms with Crippen molar-refractivity contribution >= 4 is 5.91 Å². The van der Waals surface area contributed by atoms with Crippen molar-refractivity contribution in [1.82, 2.24) is 10.3 Å². The van der Waals surface area contributed by atoms with Gasteiger partial charge in [-0.05, 0) is 36.2 Å². The maximum Gasteiger partial charge on any atom is 0.251 e. The molecule has 2 aromatic rings. The number of amides is 1. The predicted molar refractivity (Wildman–Crippen MR) is 77.3 cm³/mol. The number of aromatic nitrogens is 1. The number of nitrogens with zero attached hydrogens (tertiary/aromatic N) is 1. The molecule has 1 aromatic carbocycles. The summed E-state index contributed by atoms with van der Waals surface area (Å²) in [6, 6.07) is 11.3. The van der Waals surface area contributed by atoms with E-state index in [1.807, 2.05) is 37.3 Å². The lowest BCUT2D eigenvalue weighted by molar-refractivity contribution is 0.0950.